The van der Waals surface area contributed by atoms with E-state index < -0.39 is 0 Å². The summed E-state index contributed by atoms with van der Waals surface area (Å²) in [6.45, 7) is 2.58. The molecule has 1 N–H and O–H groups in total. The summed E-state index contributed by atoms with van der Waals surface area (Å²) < 4.78 is 0. The van der Waals surface area contributed by atoms with E-state index in [-0.39, 0.29) is 6.04 Å². The van der Waals surface area contributed by atoms with Crippen molar-refractivity contribution in [2.45, 2.75) is 18.9 Å². The van der Waals surface area contributed by atoms with E-state index in [1.165, 1.54) is 11.1 Å². The molecule has 0 saturated carbocycles. The van der Waals surface area contributed by atoms with Crippen LogP contribution in [0.4, 0.5) is 0 Å². The van der Waals surface area contributed by atoms with Crippen molar-refractivity contribution >= 4 is 5.91 Å². The second-order valence-electron chi connectivity index (χ2n) is 4.51. The molecule has 3 rings (SSSR count). The third-order valence-electron chi connectivity index (χ3n) is 3.59. The van der Waals surface area contributed by atoms with Crippen molar-refractivity contribution in [3.05, 3.63) is 35.4 Å². The summed E-state index contributed by atoms with van der Waals surface area (Å²) in [6, 6.07) is 8.74. The third kappa shape index (κ3) is 1.52. The van der Waals surface area contributed by atoms with Crippen LogP contribution in [0.25, 0.3) is 0 Å². The number of rotatable bonds is 0. The van der Waals surface area contributed by atoms with Gasteiger partial charge in [-0.15, -0.1) is 0 Å². The van der Waals surface area contributed by atoms with Crippen molar-refractivity contribution < 1.29 is 4.79 Å². The Kier molecular flexibility index (Phi) is 2.40. The highest BCUT2D eigenvalue weighted by atomic mass is 16.2. The van der Waals surface area contributed by atoms with E-state index >= 15 is 0 Å². The topological polar surface area (TPSA) is 32.3 Å². The van der Waals surface area contributed by atoms with Crippen LogP contribution in [0.5, 0.6) is 0 Å². The summed E-state index contributed by atoms with van der Waals surface area (Å²) in [5.74, 6) is 0.296. The van der Waals surface area contributed by atoms with Gasteiger partial charge in [0.1, 0.15) is 0 Å². The SMILES string of the molecule is O=C1CCNCC2c3ccccc3CCN12. The van der Waals surface area contributed by atoms with Gasteiger partial charge in [-0.2, -0.15) is 0 Å². The minimum atomic E-state index is 0.250. The molecular weight excluding hydrogens is 200 g/mol. The Morgan fingerprint density at radius 3 is 3.06 bits per heavy atom. The molecule has 1 saturated heterocycles. The molecule has 1 aromatic rings. The van der Waals surface area contributed by atoms with Crippen molar-refractivity contribution in [2.24, 2.45) is 0 Å². The number of hydrogen-bond donors (Lipinski definition) is 1. The molecule has 3 nitrogen and oxygen atoms in total. The van der Waals surface area contributed by atoms with E-state index in [1.807, 2.05) is 4.90 Å². The maximum Gasteiger partial charge on any atom is 0.224 e. The molecule has 16 heavy (non-hydrogen) atoms. The molecule has 0 aliphatic carbocycles. The van der Waals surface area contributed by atoms with Gasteiger partial charge in [0.25, 0.3) is 0 Å². The molecule has 1 unspecified atom stereocenters. The third-order valence-corrected chi connectivity index (χ3v) is 3.59. The summed E-state index contributed by atoms with van der Waals surface area (Å²) in [6.07, 6.45) is 1.64. The Bertz CT molecular complexity index is 416. The summed E-state index contributed by atoms with van der Waals surface area (Å²) in [4.78, 5) is 14.0. The molecule has 1 atom stereocenters. The number of amides is 1. The summed E-state index contributed by atoms with van der Waals surface area (Å²) in [5, 5.41) is 3.36. The van der Waals surface area contributed by atoms with Crippen molar-refractivity contribution in [3.63, 3.8) is 0 Å². The molecule has 3 heteroatoms. The number of carbonyl (C=O) groups is 1. The zero-order valence-electron chi connectivity index (χ0n) is 9.28. The average Bonchev–Trinajstić information content (AvgIpc) is 2.52. The van der Waals surface area contributed by atoms with Gasteiger partial charge in [-0.25, -0.2) is 0 Å². The fourth-order valence-electron chi connectivity index (χ4n) is 2.75. The first kappa shape index (κ1) is 9.85. The largest absolute Gasteiger partial charge is 0.334 e. The molecular formula is C13H16N2O. The minimum Gasteiger partial charge on any atom is -0.334 e. The second kappa shape index (κ2) is 3.91. The quantitative estimate of drug-likeness (QED) is 0.704. The lowest BCUT2D eigenvalue weighted by atomic mass is 9.92. The van der Waals surface area contributed by atoms with Gasteiger partial charge >= 0.3 is 0 Å². The van der Waals surface area contributed by atoms with Crippen LogP contribution in [-0.4, -0.2) is 30.4 Å². The molecule has 1 aromatic carbocycles. The number of carbonyl (C=O) groups excluding carboxylic acids is 1. The average molecular weight is 216 g/mol. The minimum absolute atomic E-state index is 0.250. The van der Waals surface area contributed by atoms with Crippen LogP contribution in [0.2, 0.25) is 0 Å². The van der Waals surface area contributed by atoms with E-state index in [0.717, 1.165) is 26.1 Å². The van der Waals surface area contributed by atoms with E-state index in [0.29, 0.717) is 12.3 Å². The Hall–Kier alpha value is -1.35. The van der Waals surface area contributed by atoms with E-state index in [9.17, 15) is 4.79 Å². The Balaban J connectivity index is 2.01. The van der Waals surface area contributed by atoms with Crippen molar-refractivity contribution in [3.8, 4) is 0 Å². The van der Waals surface area contributed by atoms with Crippen LogP contribution in [-0.2, 0) is 11.2 Å². The summed E-state index contributed by atoms with van der Waals surface area (Å²) in [5.41, 5.74) is 2.73. The van der Waals surface area contributed by atoms with Crippen LogP contribution in [0.3, 0.4) is 0 Å². The van der Waals surface area contributed by atoms with Crippen LogP contribution in [0.15, 0.2) is 24.3 Å². The van der Waals surface area contributed by atoms with E-state index in [2.05, 4.69) is 29.6 Å². The van der Waals surface area contributed by atoms with Gasteiger partial charge in [0.2, 0.25) is 5.91 Å². The Labute approximate surface area is 95.4 Å². The number of benzene rings is 1. The van der Waals surface area contributed by atoms with Crippen LogP contribution < -0.4 is 5.32 Å². The molecule has 0 aromatic heterocycles. The molecule has 2 aliphatic rings. The standard InChI is InChI=1S/C13H16N2O/c16-13-5-7-14-9-12-11-4-2-1-3-10(11)6-8-15(12)13/h1-4,12,14H,5-9H2. The lowest BCUT2D eigenvalue weighted by Crippen LogP contribution is -2.41. The first-order valence-corrected chi connectivity index (χ1v) is 5.94. The summed E-state index contributed by atoms with van der Waals surface area (Å²) >= 11 is 0. The zero-order valence-corrected chi connectivity index (χ0v) is 9.28. The first-order chi connectivity index (χ1) is 7.86. The lowest BCUT2D eigenvalue weighted by molar-refractivity contribution is -0.132. The Morgan fingerprint density at radius 1 is 1.25 bits per heavy atom. The van der Waals surface area contributed by atoms with Gasteiger partial charge < -0.3 is 10.2 Å². The smallest absolute Gasteiger partial charge is 0.224 e. The molecule has 0 radical (unpaired) electrons. The molecule has 2 aliphatic heterocycles. The van der Waals surface area contributed by atoms with Gasteiger partial charge in [-0.1, -0.05) is 24.3 Å². The predicted octanol–water partition coefficient (Wildman–Crippen LogP) is 1.11. The van der Waals surface area contributed by atoms with E-state index in [1.54, 1.807) is 0 Å². The van der Waals surface area contributed by atoms with E-state index in [4.69, 9.17) is 0 Å². The molecule has 0 bridgehead atoms. The fraction of sp³-hybridized carbons (Fsp3) is 0.462. The number of fused-ring (bicyclic) bond motifs is 3. The van der Waals surface area contributed by atoms with Gasteiger partial charge in [0.15, 0.2) is 0 Å². The van der Waals surface area contributed by atoms with Crippen molar-refractivity contribution in [1.82, 2.24) is 10.2 Å². The molecule has 84 valence electrons. The predicted molar refractivity (Wildman–Crippen MR) is 62.1 cm³/mol. The molecule has 0 spiro atoms. The normalized spacial score (nSPS) is 24.6. The number of hydrogen-bond acceptors (Lipinski definition) is 2. The molecule has 1 fully saturated rings. The van der Waals surface area contributed by atoms with Gasteiger partial charge in [0, 0.05) is 26.1 Å². The highest BCUT2D eigenvalue weighted by molar-refractivity contribution is 5.77. The van der Waals surface area contributed by atoms with Crippen molar-refractivity contribution in [2.75, 3.05) is 19.6 Å². The van der Waals surface area contributed by atoms with Crippen LogP contribution >= 0.6 is 0 Å². The second-order valence-corrected chi connectivity index (χ2v) is 4.51. The highest BCUT2D eigenvalue weighted by Gasteiger charge is 2.31. The van der Waals surface area contributed by atoms with Gasteiger partial charge in [-0.3, -0.25) is 4.79 Å². The maximum absolute atomic E-state index is 11.9. The van der Waals surface area contributed by atoms with Crippen LogP contribution in [0.1, 0.15) is 23.6 Å². The molecule has 2 heterocycles. The van der Waals surface area contributed by atoms with Gasteiger partial charge in [-0.05, 0) is 17.5 Å². The lowest BCUT2D eigenvalue weighted by Gasteiger charge is -2.36. The highest BCUT2D eigenvalue weighted by Crippen LogP contribution is 2.30. The molecule has 1 amide bonds. The van der Waals surface area contributed by atoms with Gasteiger partial charge in [0.05, 0.1) is 6.04 Å². The number of nitrogens with zero attached hydrogens (tertiary/aromatic N) is 1. The first-order valence-electron chi connectivity index (χ1n) is 5.94. The number of nitrogens with one attached hydrogen (secondary N) is 1. The summed E-state index contributed by atoms with van der Waals surface area (Å²) in [7, 11) is 0. The monoisotopic (exact) mass is 216 g/mol. The fourth-order valence-corrected chi connectivity index (χ4v) is 2.75. The maximum atomic E-state index is 11.9. The Morgan fingerprint density at radius 2 is 2.12 bits per heavy atom. The van der Waals surface area contributed by atoms with Crippen molar-refractivity contribution in [1.29, 1.82) is 0 Å². The zero-order chi connectivity index (χ0) is 11.0. The van der Waals surface area contributed by atoms with Crippen LogP contribution in [0, 0.1) is 0 Å².